The molecule has 0 bridgehead atoms. The fourth-order valence-electron chi connectivity index (χ4n) is 8.43. The number of nitrogens with zero attached hydrogens (tertiary/aromatic N) is 10. The molecule has 0 saturated carbocycles. The van der Waals surface area contributed by atoms with Crippen molar-refractivity contribution in [3.63, 3.8) is 0 Å². The molecule has 12 rings (SSSR count). The van der Waals surface area contributed by atoms with E-state index in [2.05, 4.69) is 108 Å². The molecule has 16 nitrogen and oxygen atoms in total. The second kappa shape index (κ2) is 15.7. The van der Waals surface area contributed by atoms with Crippen LogP contribution < -0.4 is 9.88 Å². The lowest BCUT2D eigenvalue weighted by Gasteiger charge is -2.10. The van der Waals surface area contributed by atoms with Gasteiger partial charge in [-0.2, -0.15) is 21.0 Å². The number of carbonyl (C=O) groups excluding carboxylic acids is 1. The maximum absolute atomic E-state index is 12.9. The molecule has 0 spiro atoms. The van der Waals surface area contributed by atoms with Crippen molar-refractivity contribution < 1.29 is 9.36 Å². The first-order valence-corrected chi connectivity index (χ1v) is 22.9. The second-order valence-corrected chi connectivity index (χ2v) is 18.0. The van der Waals surface area contributed by atoms with E-state index in [1.807, 2.05) is 56.1 Å². The fraction of sp³-hybridized carbons (Fsp3) is 0.104. The number of nitrogens with one attached hydrogen (secondary N) is 5. The van der Waals surface area contributed by atoms with Crippen LogP contribution in [0.3, 0.4) is 0 Å². The van der Waals surface area contributed by atoms with Gasteiger partial charge in [0.25, 0.3) is 0 Å². The smallest absolute Gasteiger partial charge is 0.314 e. The van der Waals surface area contributed by atoms with Crippen LogP contribution >= 0.6 is 22.7 Å². The summed E-state index contributed by atoms with van der Waals surface area (Å²) in [7, 11) is 0. The van der Waals surface area contributed by atoms with E-state index >= 15 is 0 Å². The lowest BCUT2D eigenvalue weighted by Crippen LogP contribution is -2.32. The zero-order valence-electron chi connectivity index (χ0n) is 35.5. The van der Waals surface area contributed by atoms with E-state index in [1.165, 1.54) is 0 Å². The van der Waals surface area contributed by atoms with Crippen molar-refractivity contribution >= 4 is 78.4 Å². The molecule has 320 valence electrons. The number of thiophene rings is 2. The standard InChI is InChI=1S/C48H35N15OS2/c1-24(2)8-40(64)54-30-9-27(12-50-14-30)29-11-32-44(47-55-37-18-51-16-34(41(37)57-47)26-5-7-65-21-26)60-62-48(32)63(20-29)39-23-66-22-36(39)35-17-52-19-38-42(35)58-46(56-38)43-31-10-28(13-53-45(31)61-59-43)33-15-49-6-4-25(33)3/h4-7,9-24H,8H2,1-3H3,(H4,51,52,53,54,55,56,57,58,59,60,61,64)/p+1. The number of pyridine rings is 6. The number of anilines is 1. The topological polar surface area (TPSA) is 212 Å². The van der Waals surface area contributed by atoms with Crippen LogP contribution in [0.25, 0.3) is 117 Å². The van der Waals surface area contributed by atoms with Gasteiger partial charge in [-0.25, -0.2) is 15.0 Å². The number of aryl methyl sites for hydroxylation is 1. The summed E-state index contributed by atoms with van der Waals surface area (Å²) in [6.07, 6.45) is 18.6. The predicted molar refractivity (Wildman–Crippen MR) is 257 cm³/mol. The maximum atomic E-state index is 12.9. The van der Waals surface area contributed by atoms with E-state index in [4.69, 9.17) is 15.1 Å². The molecule has 0 aliphatic carbocycles. The lowest BCUT2D eigenvalue weighted by molar-refractivity contribution is -0.567. The summed E-state index contributed by atoms with van der Waals surface area (Å²) in [5.74, 6) is 1.31. The molecule has 0 unspecified atom stereocenters. The molecule has 12 heterocycles. The molecule has 1 amide bonds. The molecule has 0 fully saturated rings. The first kappa shape index (κ1) is 39.3. The second-order valence-electron chi connectivity index (χ2n) is 16.4. The van der Waals surface area contributed by atoms with Gasteiger partial charge in [-0.1, -0.05) is 18.9 Å². The summed E-state index contributed by atoms with van der Waals surface area (Å²) in [5.41, 5.74) is 15.6. The highest BCUT2D eigenvalue weighted by Crippen LogP contribution is 2.38. The number of hydrogen-bond donors (Lipinski definition) is 5. The summed E-state index contributed by atoms with van der Waals surface area (Å²) in [6, 6.07) is 10.1. The molecule has 12 aromatic rings. The maximum Gasteiger partial charge on any atom is 0.314 e. The Labute approximate surface area is 382 Å². The van der Waals surface area contributed by atoms with E-state index in [9.17, 15) is 4.79 Å². The SMILES string of the molecule is Cc1ccncc1-c1cnc2[nH]nc(-c3nc4c(-c5cscc5-[n+]5cc(-c6cncc(NC(=O)CC(C)C)c6)cc6c(-c7nc8c(-c9ccsc9)cncc8[nH]7)n[nH]c65)cncc4[nH]3)c2c1. The minimum Gasteiger partial charge on any atom is -0.335 e. The highest BCUT2D eigenvalue weighted by atomic mass is 32.1. The Hall–Kier alpha value is -8.35. The van der Waals surface area contributed by atoms with Crippen LogP contribution in [0.5, 0.6) is 0 Å². The molecule has 5 N–H and O–H groups in total. The van der Waals surface area contributed by atoms with Gasteiger partial charge in [0.1, 0.15) is 28.3 Å². The minimum absolute atomic E-state index is 0.0679. The number of hydrogen-bond acceptors (Lipinski definition) is 12. The Morgan fingerprint density at radius 2 is 1.44 bits per heavy atom. The van der Waals surface area contributed by atoms with E-state index in [0.29, 0.717) is 40.8 Å². The van der Waals surface area contributed by atoms with Crippen molar-refractivity contribution in [2.24, 2.45) is 5.92 Å². The molecule has 0 aromatic carbocycles. The molecule has 0 atom stereocenters. The number of amides is 1. The highest BCUT2D eigenvalue weighted by molar-refractivity contribution is 7.08. The third kappa shape index (κ3) is 6.77. The van der Waals surface area contributed by atoms with Crippen molar-refractivity contribution in [3.8, 4) is 73.2 Å². The van der Waals surface area contributed by atoms with Gasteiger partial charge in [0.2, 0.25) is 5.91 Å². The first-order chi connectivity index (χ1) is 32.3. The lowest BCUT2D eigenvalue weighted by atomic mass is 10.0. The Morgan fingerprint density at radius 1 is 0.697 bits per heavy atom. The van der Waals surface area contributed by atoms with Gasteiger partial charge in [-0.15, -0.1) is 16.4 Å². The van der Waals surface area contributed by atoms with Gasteiger partial charge in [0.15, 0.2) is 28.7 Å². The van der Waals surface area contributed by atoms with Gasteiger partial charge in [0.05, 0.1) is 40.7 Å². The minimum atomic E-state index is -0.0679. The number of aromatic amines is 4. The van der Waals surface area contributed by atoms with Crippen LogP contribution in [0.15, 0.2) is 114 Å². The Morgan fingerprint density at radius 3 is 2.23 bits per heavy atom. The van der Waals surface area contributed by atoms with Crippen LogP contribution in [0, 0.1) is 12.8 Å². The van der Waals surface area contributed by atoms with Crippen molar-refractivity contribution in [1.82, 2.24) is 65.3 Å². The number of fused-ring (bicyclic) bond motifs is 4. The van der Waals surface area contributed by atoms with Crippen LogP contribution in [-0.4, -0.2) is 71.2 Å². The van der Waals surface area contributed by atoms with Gasteiger partial charge in [-0.05, 0) is 65.1 Å². The average molecular weight is 903 g/mol. The number of carbonyl (C=O) groups is 1. The Bertz CT molecular complexity index is 3820. The summed E-state index contributed by atoms with van der Waals surface area (Å²) in [5, 5.41) is 29.0. The van der Waals surface area contributed by atoms with Crippen molar-refractivity contribution in [1.29, 1.82) is 0 Å². The van der Waals surface area contributed by atoms with Crippen LogP contribution in [0.1, 0.15) is 25.8 Å². The molecular formula is C48H36N15OS2+. The highest BCUT2D eigenvalue weighted by Gasteiger charge is 2.27. The quantitative estimate of drug-likeness (QED) is 0.0820. The zero-order valence-corrected chi connectivity index (χ0v) is 37.1. The third-order valence-electron chi connectivity index (χ3n) is 11.6. The van der Waals surface area contributed by atoms with Gasteiger partial charge < -0.3 is 15.3 Å². The number of H-pyrrole nitrogens is 4. The third-order valence-corrected chi connectivity index (χ3v) is 13.0. The summed E-state index contributed by atoms with van der Waals surface area (Å²) >= 11 is 3.19. The normalized spacial score (nSPS) is 11.8. The fourth-order valence-corrected chi connectivity index (χ4v) is 9.90. The molecule has 0 aliphatic heterocycles. The van der Waals surface area contributed by atoms with Crippen LogP contribution in [-0.2, 0) is 4.79 Å². The first-order valence-electron chi connectivity index (χ1n) is 21.0. The van der Waals surface area contributed by atoms with Gasteiger partial charge >= 0.3 is 5.65 Å². The van der Waals surface area contributed by atoms with Crippen LogP contribution in [0.4, 0.5) is 5.69 Å². The summed E-state index contributed by atoms with van der Waals surface area (Å²) < 4.78 is 2.10. The van der Waals surface area contributed by atoms with Crippen molar-refractivity contribution in [2.75, 3.05) is 5.32 Å². The average Bonchev–Trinajstić information content (AvgIpc) is 4.19. The van der Waals surface area contributed by atoms with Crippen molar-refractivity contribution in [3.05, 3.63) is 119 Å². The Balaban J connectivity index is 1.00. The number of rotatable bonds is 10. The Kier molecular flexibility index (Phi) is 9.35. The predicted octanol–water partition coefficient (Wildman–Crippen LogP) is 9.86. The van der Waals surface area contributed by atoms with E-state index in [1.54, 1.807) is 53.7 Å². The van der Waals surface area contributed by atoms with E-state index < -0.39 is 0 Å². The molecule has 66 heavy (non-hydrogen) atoms. The van der Waals surface area contributed by atoms with Gasteiger partial charge in [0, 0.05) is 93.3 Å². The molecule has 12 aromatic heterocycles. The number of aromatic nitrogens is 14. The molecule has 0 saturated heterocycles. The molecule has 0 aliphatic rings. The zero-order chi connectivity index (χ0) is 44.5. The van der Waals surface area contributed by atoms with Crippen LogP contribution in [0.2, 0.25) is 0 Å². The van der Waals surface area contributed by atoms with Crippen molar-refractivity contribution in [2.45, 2.75) is 27.2 Å². The molecular weight excluding hydrogens is 867 g/mol. The van der Waals surface area contributed by atoms with E-state index in [-0.39, 0.29) is 11.8 Å². The molecule has 0 radical (unpaired) electrons. The summed E-state index contributed by atoms with van der Waals surface area (Å²) in [4.78, 5) is 53.0. The molecule has 18 heteroatoms. The van der Waals surface area contributed by atoms with E-state index in [0.717, 1.165) is 94.2 Å². The largest absolute Gasteiger partial charge is 0.335 e. The number of imidazole rings is 2. The monoisotopic (exact) mass is 902 g/mol. The summed E-state index contributed by atoms with van der Waals surface area (Å²) in [6.45, 7) is 6.09. The van der Waals surface area contributed by atoms with Gasteiger partial charge in [-0.3, -0.25) is 29.8 Å².